The molecule has 1 aliphatic heterocycles. The fourth-order valence-corrected chi connectivity index (χ4v) is 6.58. The lowest BCUT2D eigenvalue weighted by Gasteiger charge is -2.33. The molecule has 38 heavy (non-hydrogen) atoms. The number of hydrogen-bond donors (Lipinski definition) is 1. The third kappa shape index (κ3) is 5.19. The maximum absolute atomic E-state index is 13.1. The van der Waals surface area contributed by atoms with Crippen LogP contribution in [0.3, 0.4) is 0 Å². The van der Waals surface area contributed by atoms with E-state index in [9.17, 15) is 9.59 Å². The largest absolute Gasteiger partial charge is 0.370 e. The minimum Gasteiger partial charge on any atom is -0.370 e. The summed E-state index contributed by atoms with van der Waals surface area (Å²) in [5, 5.41) is 12.1. The van der Waals surface area contributed by atoms with Crippen LogP contribution in [0.1, 0.15) is 22.0 Å². The van der Waals surface area contributed by atoms with Crippen LogP contribution in [0.5, 0.6) is 0 Å². The molecule has 0 radical (unpaired) electrons. The van der Waals surface area contributed by atoms with Crippen LogP contribution in [0.25, 0.3) is 15.2 Å². The summed E-state index contributed by atoms with van der Waals surface area (Å²) in [7, 11) is 0. The van der Waals surface area contributed by atoms with E-state index in [1.165, 1.54) is 11.8 Å². The number of para-hydroxylation sites is 1. The summed E-state index contributed by atoms with van der Waals surface area (Å²) in [5.41, 5.74) is 3.27. The van der Waals surface area contributed by atoms with Gasteiger partial charge in [0.25, 0.3) is 5.91 Å². The fourth-order valence-electron chi connectivity index (χ4n) is 4.40. The van der Waals surface area contributed by atoms with Crippen molar-refractivity contribution in [2.75, 3.05) is 30.8 Å². The second-order valence-electron chi connectivity index (χ2n) is 8.75. The molecule has 0 spiro atoms. The number of morpholine rings is 1. The first-order valence-corrected chi connectivity index (χ1v) is 14.6. The van der Waals surface area contributed by atoms with Crippen LogP contribution in [0.2, 0.25) is 0 Å². The summed E-state index contributed by atoms with van der Waals surface area (Å²) < 4.78 is 10.00. The molecule has 1 N–H and O–H groups in total. The first-order valence-electron chi connectivity index (χ1n) is 12.0. The molecule has 5 aromatic rings. The fraction of sp³-hybridized carbons (Fsp3) is 0.185. The summed E-state index contributed by atoms with van der Waals surface area (Å²) in [6.45, 7) is 1.50. The van der Waals surface area contributed by atoms with E-state index in [0.29, 0.717) is 36.1 Å². The lowest BCUT2D eigenvalue weighted by atomic mass is 10.1. The molecule has 3 aromatic carbocycles. The lowest BCUT2D eigenvalue weighted by molar-refractivity contribution is -0.113. The number of amides is 2. The Bertz CT molecular complexity index is 1640. The van der Waals surface area contributed by atoms with Gasteiger partial charge in [-0.05, 0) is 54.1 Å². The molecule has 6 rings (SSSR count). The van der Waals surface area contributed by atoms with Crippen LogP contribution >= 0.6 is 39.0 Å². The van der Waals surface area contributed by atoms with Gasteiger partial charge in [-0.3, -0.25) is 14.0 Å². The number of fused-ring (bicyclic) bond motifs is 3. The molecule has 192 valence electrons. The number of anilines is 1. The number of halogens is 1. The van der Waals surface area contributed by atoms with E-state index in [1.807, 2.05) is 57.8 Å². The van der Waals surface area contributed by atoms with Gasteiger partial charge in [0, 0.05) is 22.3 Å². The second-order valence-corrected chi connectivity index (χ2v) is 11.6. The highest BCUT2D eigenvalue weighted by molar-refractivity contribution is 9.10. The zero-order valence-corrected chi connectivity index (χ0v) is 23.3. The summed E-state index contributed by atoms with van der Waals surface area (Å²) >= 11 is 6.40. The summed E-state index contributed by atoms with van der Waals surface area (Å²) in [6, 6.07) is 23.0. The Labute approximate surface area is 235 Å². The highest BCUT2D eigenvalue weighted by Gasteiger charge is 2.26. The average Bonchev–Trinajstić information content (AvgIpc) is 3.51. The molecular formula is C27H22BrN5O3S2. The van der Waals surface area contributed by atoms with E-state index >= 15 is 0 Å². The molecule has 0 saturated carbocycles. The maximum Gasteiger partial charge on any atom is 0.254 e. The molecule has 1 fully saturated rings. The SMILES string of the molecule is O=C(CSc1nnc2sc3ccccc3n12)Nc1ccc(C(=O)N2CCOC(c3cccc(Br)c3)C2)cc1. The molecule has 2 amide bonds. The third-order valence-corrected chi connectivity index (χ3v) is 8.67. The first kappa shape index (κ1) is 25.1. The lowest BCUT2D eigenvalue weighted by Crippen LogP contribution is -2.42. The molecule has 1 aliphatic rings. The predicted molar refractivity (Wildman–Crippen MR) is 153 cm³/mol. The van der Waals surface area contributed by atoms with Gasteiger partial charge in [0.05, 0.1) is 29.1 Å². The zero-order valence-electron chi connectivity index (χ0n) is 20.0. The number of nitrogens with zero attached hydrogens (tertiary/aromatic N) is 4. The van der Waals surface area contributed by atoms with Crippen LogP contribution in [0.4, 0.5) is 5.69 Å². The molecule has 3 heterocycles. The van der Waals surface area contributed by atoms with E-state index in [2.05, 4.69) is 31.4 Å². The number of thioether (sulfide) groups is 1. The van der Waals surface area contributed by atoms with Gasteiger partial charge >= 0.3 is 0 Å². The van der Waals surface area contributed by atoms with Gasteiger partial charge in [-0.1, -0.05) is 63.3 Å². The topological polar surface area (TPSA) is 88.8 Å². The summed E-state index contributed by atoms with van der Waals surface area (Å²) in [6.07, 6.45) is -0.167. The highest BCUT2D eigenvalue weighted by atomic mass is 79.9. The normalized spacial score (nSPS) is 15.7. The Kier molecular flexibility index (Phi) is 7.16. The quantitative estimate of drug-likeness (QED) is 0.251. The number of aromatic nitrogens is 3. The van der Waals surface area contributed by atoms with E-state index < -0.39 is 0 Å². The van der Waals surface area contributed by atoms with Crippen molar-refractivity contribution in [2.45, 2.75) is 11.3 Å². The van der Waals surface area contributed by atoms with E-state index in [1.54, 1.807) is 35.6 Å². The minimum absolute atomic E-state index is 0.0551. The predicted octanol–water partition coefficient (Wildman–Crippen LogP) is 5.65. The molecule has 2 aromatic heterocycles. The Morgan fingerprint density at radius 2 is 1.92 bits per heavy atom. The maximum atomic E-state index is 13.1. The first-order chi connectivity index (χ1) is 18.5. The van der Waals surface area contributed by atoms with Gasteiger partial charge in [0.15, 0.2) is 5.16 Å². The minimum atomic E-state index is -0.167. The van der Waals surface area contributed by atoms with Gasteiger partial charge in [0.1, 0.15) is 6.10 Å². The van der Waals surface area contributed by atoms with Crippen molar-refractivity contribution < 1.29 is 14.3 Å². The van der Waals surface area contributed by atoms with Crippen molar-refractivity contribution in [1.82, 2.24) is 19.5 Å². The Morgan fingerprint density at radius 1 is 1.08 bits per heavy atom. The number of carbonyl (C=O) groups is 2. The van der Waals surface area contributed by atoms with Crippen molar-refractivity contribution in [3.05, 3.63) is 88.4 Å². The van der Waals surface area contributed by atoms with Crippen LogP contribution in [0, 0.1) is 0 Å². The van der Waals surface area contributed by atoms with Crippen LogP contribution in [0.15, 0.2) is 82.4 Å². The summed E-state index contributed by atoms with van der Waals surface area (Å²) in [4.78, 5) is 28.4. The Hall–Kier alpha value is -3.25. The number of nitrogens with one attached hydrogen (secondary N) is 1. The Balaban J connectivity index is 1.06. The van der Waals surface area contributed by atoms with Crippen molar-refractivity contribution in [3.8, 4) is 0 Å². The molecule has 11 heteroatoms. The van der Waals surface area contributed by atoms with Crippen LogP contribution in [-0.2, 0) is 9.53 Å². The van der Waals surface area contributed by atoms with Crippen molar-refractivity contribution in [2.24, 2.45) is 0 Å². The second kappa shape index (κ2) is 10.9. The molecule has 1 saturated heterocycles. The molecule has 8 nitrogen and oxygen atoms in total. The number of carbonyl (C=O) groups excluding carboxylic acids is 2. The van der Waals surface area contributed by atoms with Crippen molar-refractivity contribution >= 4 is 71.7 Å². The average molecular weight is 609 g/mol. The highest BCUT2D eigenvalue weighted by Crippen LogP contribution is 2.30. The monoisotopic (exact) mass is 607 g/mol. The van der Waals surface area contributed by atoms with E-state index in [-0.39, 0.29) is 23.7 Å². The smallest absolute Gasteiger partial charge is 0.254 e. The number of hydrogen-bond acceptors (Lipinski definition) is 7. The van der Waals surface area contributed by atoms with Gasteiger partial charge in [-0.2, -0.15) is 0 Å². The van der Waals surface area contributed by atoms with E-state index in [4.69, 9.17) is 4.74 Å². The third-order valence-electron chi connectivity index (χ3n) is 6.23. The van der Waals surface area contributed by atoms with Gasteiger partial charge in [0.2, 0.25) is 10.9 Å². The molecule has 0 bridgehead atoms. The van der Waals surface area contributed by atoms with E-state index in [0.717, 1.165) is 25.2 Å². The zero-order chi connectivity index (χ0) is 26.1. The van der Waals surface area contributed by atoms with Crippen molar-refractivity contribution in [3.63, 3.8) is 0 Å². The van der Waals surface area contributed by atoms with Crippen LogP contribution < -0.4 is 5.32 Å². The van der Waals surface area contributed by atoms with Crippen LogP contribution in [-0.4, -0.2) is 56.8 Å². The number of rotatable bonds is 6. The van der Waals surface area contributed by atoms with Gasteiger partial charge in [-0.15, -0.1) is 10.2 Å². The standard InChI is InChI=1S/C27H22BrN5O3S2/c28-19-5-3-4-18(14-19)22-15-32(12-13-36-22)25(35)17-8-10-20(11-9-17)29-24(34)16-37-26-30-31-27-33(26)21-6-1-2-7-23(21)38-27/h1-11,14,22H,12-13,15-16H2,(H,29,34). The number of benzene rings is 3. The summed E-state index contributed by atoms with van der Waals surface area (Å²) in [5.74, 6) is -0.0212. The van der Waals surface area contributed by atoms with Gasteiger partial charge < -0.3 is 15.0 Å². The molecular weight excluding hydrogens is 586 g/mol. The number of ether oxygens (including phenoxy) is 1. The Morgan fingerprint density at radius 3 is 2.76 bits per heavy atom. The van der Waals surface area contributed by atoms with Crippen molar-refractivity contribution in [1.29, 1.82) is 0 Å². The number of thiazole rings is 1. The van der Waals surface area contributed by atoms with Gasteiger partial charge in [-0.25, -0.2) is 0 Å². The molecule has 0 aliphatic carbocycles. The molecule has 1 unspecified atom stereocenters. The molecule has 1 atom stereocenters.